The van der Waals surface area contributed by atoms with Crippen LogP contribution in [0.1, 0.15) is 112 Å². The molecule has 34 heavy (non-hydrogen) atoms. The van der Waals surface area contributed by atoms with Crippen molar-refractivity contribution in [1.29, 1.82) is 0 Å². The van der Waals surface area contributed by atoms with E-state index in [4.69, 9.17) is 0 Å². The molecule has 0 unspecified atom stereocenters. The molecule has 0 saturated carbocycles. The lowest BCUT2D eigenvalue weighted by molar-refractivity contribution is 0.888. The average molecular weight is 479 g/mol. The lowest BCUT2D eigenvalue weighted by atomic mass is 10.0. The van der Waals surface area contributed by atoms with Crippen LogP contribution in [0.4, 0.5) is 0 Å². The summed E-state index contributed by atoms with van der Waals surface area (Å²) in [6, 6.07) is 2.24. The molecule has 1 aromatic rings. The largest absolute Gasteiger partial charge is 0.152 e. The molecular formula is C33H50S. The normalized spacial score (nSPS) is 14.0. The first kappa shape index (κ1) is 30.2. The molecule has 0 aliphatic heterocycles. The third-order valence-corrected chi connectivity index (χ3v) is 6.85. The summed E-state index contributed by atoms with van der Waals surface area (Å²) < 4.78 is 0. The minimum Gasteiger partial charge on any atom is -0.152 e. The Balaban J connectivity index is 2.21. The highest BCUT2D eigenvalue weighted by molar-refractivity contribution is 7.07. The van der Waals surface area contributed by atoms with Crippen LogP contribution in [-0.4, -0.2) is 0 Å². The SMILES string of the molecule is CC(C)=C/C(C)=C/CC/C(C)=C/CC/C(C)=C/CC/C(C)=C/CC/C(C)=C/CCc1ccsc1. The van der Waals surface area contributed by atoms with Crippen LogP contribution in [0.25, 0.3) is 0 Å². The second-order valence-corrected chi connectivity index (χ2v) is 11.0. The summed E-state index contributed by atoms with van der Waals surface area (Å²) in [4.78, 5) is 0. The summed E-state index contributed by atoms with van der Waals surface area (Å²) in [6.45, 7) is 15.6. The van der Waals surface area contributed by atoms with Crippen molar-refractivity contribution in [2.75, 3.05) is 0 Å². The molecule has 0 aromatic carbocycles. The number of allylic oxidation sites excluding steroid dienone is 12. The van der Waals surface area contributed by atoms with E-state index in [0.717, 1.165) is 19.3 Å². The van der Waals surface area contributed by atoms with Gasteiger partial charge in [0.2, 0.25) is 0 Å². The molecular weight excluding hydrogens is 428 g/mol. The van der Waals surface area contributed by atoms with Gasteiger partial charge in [0, 0.05) is 0 Å². The van der Waals surface area contributed by atoms with E-state index >= 15 is 0 Å². The number of hydrogen-bond donors (Lipinski definition) is 0. The molecule has 0 fully saturated rings. The molecule has 0 bridgehead atoms. The zero-order chi connectivity index (χ0) is 25.2. The van der Waals surface area contributed by atoms with Crippen molar-refractivity contribution in [1.82, 2.24) is 0 Å². The van der Waals surface area contributed by atoms with Gasteiger partial charge in [-0.2, -0.15) is 11.3 Å². The van der Waals surface area contributed by atoms with Crippen LogP contribution in [0.15, 0.2) is 86.7 Å². The van der Waals surface area contributed by atoms with Gasteiger partial charge in [-0.05, 0) is 135 Å². The molecule has 0 aliphatic rings. The van der Waals surface area contributed by atoms with Crippen molar-refractivity contribution < 1.29 is 0 Å². The van der Waals surface area contributed by atoms with Gasteiger partial charge in [-0.25, -0.2) is 0 Å². The molecule has 1 aromatic heterocycles. The smallest absolute Gasteiger partial charge is 0.00611 e. The van der Waals surface area contributed by atoms with Gasteiger partial charge in [-0.3, -0.25) is 0 Å². The van der Waals surface area contributed by atoms with Gasteiger partial charge >= 0.3 is 0 Å². The Bertz CT molecular complexity index is 862. The lowest BCUT2D eigenvalue weighted by Gasteiger charge is -2.03. The van der Waals surface area contributed by atoms with Gasteiger partial charge in [0.25, 0.3) is 0 Å². The van der Waals surface area contributed by atoms with Gasteiger partial charge in [0.15, 0.2) is 0 Å². The Morgan fingerprint density at radius 1 is 0.618 bits per heavy atom. The van der Waals surface area contributed by atoms with Crippen molar-refractivity contribution in [3.05, 3.63) is 92.3 Å². The summed E-state index contributed by atoms with van der Waals surface area (Å²) >= 11 is 1.79. The summed E-state index contributed by atoms with van der Waals surface area (Å²) in [5, 5.41) is 4.43. The van der Waals surface area contributed by atoms with E-state index in [0.29, 0.717) is 0 Å². The molecule has 1 heterocycles. The first-order valence-corrected chi connectivity index (χ1v) is 14.2. The standard InChI is InChI=1S/C33H50S/c1-27(2)25-32(7)21-11-19-30(5)17-9-15-28(3)13-8-14-29(4)16-10-18-31(6)20-12-22-33-23-24-34-26-33/h13,16-17,20-21,23-26H,8-12,14-15,18-19,22H2,1-7H3/b28-13+,29-16+,30-17+,31-20+,32-21+. The number of aryl methyl sites for hydroxylation is 1. The topological polar surface area (TPSA) is 0 Å². The number of hydrogen-bond acceptors (Lipinski definition) is 1. The molecule has 0 N–H and O–H groups in total. The third kappa shape index (κ3) is 16.7. The molecule has 0 atom stereocenters. The van der Waals surface area contributed by atoms with E-state index in [9.17, 15) is 0 Å². The van der Waals surface area contributed by atoms with Gasteiger partial charge < -0.3 is 0 Å². The van der Waals surface area contributed by atoms with E-state index in [-0.39, 0.29) is 0 Å². The zero-order valence-electron chi connectivity index (χ0n) is 23.2. The van der Waals surface area contributed by atoms with Gasteiger partial charge in [0.05, 0.1) is 0 Å². The van der Waals surface area contributed by atoms with Crippen molar-refractivity contribution in [3.8, 4) is 0 Å². The molecule has 0 radical (unpaired) electrons. The Morgan fingerprint density at radius 3 is 1.47 bits per heavy atom. The van der Waals surface area contributed by atoms with Gasteiger partial charge in [0.1, 0.15) is 0 Å². The summed E-state index contributed by atoms with van der Waals surface area (Å²) in [5.41, 5.74) is 10.3. The van der Waals surface area contributed by atoms with Crippen LogP contribution in [0.5, 0.6) is 0 Å². The van der Waals surface area contributed by atoms with Gasteiger partial charge in [-0.15, -0.1) is 0 Å². The Morgan fingerprint density at radius 2 is 1.06 bits per heavy atom. The van der Waals surface area contributed by atoms with E-state index < -0.39 is 0 Å². The molecule has 188 valence electrons. The monoisotopic (exact) mass is 478 g/mol. The Hall–Kier alpha value is -1.86. The predicted octanol–water partition coefficient (Wildman–Crippen LogP) is 11.5. The van der Waals surface area contributed by atoms with Crippen molar-refractivity contribution in [2.24, 2.45) is 0 Å². The van der Waals surface area contributed by atoms with Crippen LogP contribution < -0.4 is 0 Å². The van der Waals surface area contributed by atoms with E-state index in [1.165, 1.54) is 83.9 Å². The summed E-state index contributed by atoms with van der Waals surface area (Å²) in [7, 11) is 0. The second-order valence-electron chi connectivity index (χ2n) is 10.2. The fourth-order valence-corrected chi connectivity index (χ4v) is 4.71. The highest BCUT2D eigenvalue weighted by Gasteiger charge is 1.96. The summed E-state index contributed by atoms with van der Waals surface area (Å²) in [5.74, 6) is 0. The molecule has 0 spiro atoms. The van der Waals surface area contributed by atoms with E-state index in [1.807, 2.05) is 0 Å². The van der Waals surface area contributed by atoms with Crippen molar-refractivity contribution in [3.63, 3.8) is 0 Å². The van der Waals surface area contributed by atoms with Gasteiger partial charge in [-0.1, -0.05) is 69.9 Å². The van der Waals surface area contributed by atoms with Crippen LogP contribution >= 0.6 is 11.3 Å². The van der Waals surface area contributed by atoms with Crippen LogP contribution in [0, 0.1) is 0 Å². The molecule has 0 saturated heterocycles. The van der Waals surface area contributed by atoms with E-state index in [1.54, 1.807) is 11.3 Å². The quantitative estimate of drug-likeness (QED) is 0.164. The number of thiophene rings is 1. The van der Waals surface area contributed by atoms with Crippen LogP contribution in [0.2, 0.25) is 0 Å². The predicted molar refractivity (Wildman–Crippen MR) is 158 cm³/mol. The third-order valence-electron chi connectivity index (χ3n) is 6.12. The highest BCUT2D eigenvalue weighted by atomic mass is 32.1. The fourth-order valence-electron chi connectivity index (χ4n) is 4.01. The maximum atomic E-state index is 2.45. The van der Waals surface area contributed by atoms with Crippen LogP contribution in [0.3, 0.4) is 0 Å². The minimum absolute atomic E-state index is 1.14. The summed E-state index contributed by atoms with van der Waals surface area (Å²) in [6.07, 6.45) is 26.1. The molecule has 1 heteroatoms. The Labute approximate surface area is 216 Å². The first-order chi connectivity index (χ1) is 16.3. The molecule has 1 rings (SSSR count). The first-order valence-electron chi connectivity index (χ1n) is 13.2. The zero-order valence-corrected chi connectivity index (χ0v) is 24.0. The number of rotatable bonds is 16. The molecule has 0 aliphatic carbocycles. The molecule has 0 amide bonds. The second kappa shape index (κ2) is 18.5. The average Bonchev–Trinajstić information content (AvgIpc) is 3.26. The minimum atomic E-state index is 1.14. The van der Waals surface area contributed by atoms with Crippen molar-refractivity contribution >= 4 is 11.3 Å². The fraction of sp³-hybridized carbons (Fsp3) is 0.515. The Kier molecular flexibility index (Phi) is 16.4. The maximum absolute atomic E-state index is 2.45. The van der Waals surface area contributed by atoms with Crippen molar-refractivity contribution in [2.45, 2.75) is 113 Å². The molecule has 0 nitrogen and oxygen atoms in total. The van der Waals surface area contributed by atoms with E-state index in [2.05, 4.69) is 102 Å². The van der Waals surface area contributed by atoms with Crippen LogP contribution in [-0.2, 0) is 6.42 Å². The highest BCUT2D eigenvalue weighted by Crippen LogP contribution is 2.16. The maximum Gasteiger partial charge on any atom is -0.00611 e. The lowest BCUT2D eigenvalue weighted by Crippen LogP contribution is -1.84.